The third-order valence-electron chi connectivity index (χ3n) is 25.8. The molecule has 18 aromatic carbocycles. The van der Waals surface area contributed by atoms with E-state index in [1.54, 1.807) is 0 Å². The largest absolute Gasteiger partial charge is 0.309 e. The molecule has 0 radical (unpaired) electrons. The van der Waals surface area contributed by atoms with E-state index >= 15 is 0 Å². The number of hydrogen-bond donors (Lipinski definition) is 0. The molecule has 0 aliphatic rings. The fourth-order valence-electron chi connectivity index (χ4n) is 19.5. The lowest BCUT2D eigenvalue weighted by Gasteiger charge is -2.17. The summed E-state index contributed by atoms with van der Waals surface area (Å²) in [5, 5.41) is 9.63. The maximum absolute atomic E-state index is 5.58. The van der Waals surface area contributed by atoms with Gasteiger partial charge in [-0.15, -0.1) is 22.7 Å². The minimum atomic E-state index is 0.544. The van der Waals surface area contributed by atoms with Gasteiger partial charge in [0.25, 0.3) is 0 Å². The summed E-state index contributed by atoms with van der Waals surface area (Å²) < 4.78 is 9.70. The van der Waals surface area contributed by atoms with Crippen LogP contribution in [0.2, 0.25) is 0 Å². The van der Waals surface area contributed by atoms with Crippen molar-refractivity contribution in [1.29, 1.82) is 0 Å². The van der Waals surface area contributed by atoms with Crippen LogP contribution < -0.4 is 0 Å². The van der Waals surface area contributed by atoms with E-state index in [0.717, 1.165) is 139 Å². The normalized spacial score (nSPS) is 11.5. The monoisotopic (exact) mass is 1770 g/mol. The Balaban J connectivity index is 0.000000145. The first-order valence-corrected chi connectivity index (χ1v) is 47.2. The molecule has 0 saturated carbocycles. The van der Waals surface area contributed by atoms with Crippen molar-refractivity contribution in [3.8, 4) is 169 Å². The zero-order chi connectivity index (χ0) is 89.9. The average Bonchev–Trinajstić information content (AvgIpc) is 1.55. The Morgan fingerprint density at radius 2 is 0.500 bits per heavy atom. The first kappa shape index (κ1) is 80.4. The van der Waals surface area contributed by atoms with Crippen molar-refractivity contribution in [3.63, 3.8) is 0 Å². The maximum atomic E-state index is 5.58. The van der Waals surface area contributed by atoms with Crippen LogP contribution in [0.3, 0.4) is 0 Å². The number of nitrogens with zero attached hydrogens (tertiary/aromatic N) is 10. The van der Waals surface area contributed by atoms with Crippen LogP contribution in [0.25, 0.3) is 253 Å². The summed E-state index contributed by atoms with van der Waals surface area (Å²) in [4.78, 5) is 42.6. The molecular weight excluding hydrogens is 1690 g/mol. The van der Waals surface area contributed by atoms with Crippen LogP contribution in [-0.4, -0.2) is 49.0 Å². The van der Waals surface area contributed by atoms with Crippen LogP contribution in [0.15, 0.2) is 473 Å². The lowest BCUT2D eigenvalue weighted by molar-refractivity contribution is 1.07. The van der Waals surface area contributed by atoms with Gasteiger partial charge in [0.1, 0.15) is 0 Å². The van der Waals surface area contributed by atoms with Crippen molar-refractivity contribution in [2.45, 2.75) is 0 Å². The van der Waals surface area contributed by atoms with Crippen LogP contribution in [-0.2, 0) is 0 Å². The van der Waals surface area contributed by atoms with Crippen molar-refractivity contribution >= 4 is 107 Å². The van der Waals surface area contributed by atoms with Crippen LogP contribution >= 0.6 is 22.7 Å². The Morgan fingerprint density at radius 1 is 0.169 bits per heavy atom. The molecule has 12 heteroatoms. The van der Waals surface area contributed by atoms with E-state index in [4.69, 9.17) is 39.9 Å². The molecule has 0 bridgehead atoms. The molecule has 0 fully saturated rings. The molecule has 0 saturated heterocycles. The highest BCUT2D eigenvalue weighted by atomic mass is 32.1. The van der Waals surface area contributed by atoms with Gasteiger partial charge in [0.05, 0.1) is 33.5 Å². The molecule has 10 nitrogen and oxygen atoms in total. The van der Waals surface area contributed by atoms with Gasteiger partial charge in [-0.3, -0.25) is 9.97 Å². The number of aromatic nitrogens is 10. The highest BCUT2D eigenvalue weighted by Gasteiger charge is 2.28. The van der Waals surface area contributed by atoms with Gasteiger partial charge in [-0.05, 0) is 147 Å². The molecule has 0 amide bonds. The van der Waals surface area contributed by atoms with Crippen LogP contribution in [0.1, 0.15) is 0 Å². The van der Waals surface area contributed by atoms with Crippen molar-refractivity contribution in [3.05, 3.63) is 473 Å². The second-order valence-electron chi connectivity index (χ2n) is 33.9. The van der Waals surface area contributed by atoms with E-state index in [1.165, 1.54) is 78.6 Å². The Kier molecular flexibility index (Phi) is 20.4. The van der Waals surface area contributed by atoms with E-state index in [2.05, 4.69) is 397 Å². The van der Waals surface area contributed by atoms with Gasteiger partial charge in [0, 0.05) is 141 Å². The smallest absolute Gasteiger partial charge is 0.166 e. The standard InChI is InChI=1S/2C62H39N5S/c1-6-19-40(20-7-1)44-33-34-47(41-21-8-2-9-22-41)51(37-44)45-38-52(62-65-60(42-23-10-3-11-24-42)64-61(66-62)43-25-12-4-13-26-43)58(63-39-45)50-30-18-32-54-56(50)57-55(68-54)36-35-49-48-29-16-17-31-53(48)67(59(49)57)46-27-14-5-15-28-46;1-6-18-40(19-7-1)44-30-32-48(41-20-8-2-9-21-41)51(36-44)46-38-53(62-65-60(42-22-10-3-11-23-42)64-61(66-62)43-24-12-4-13-25-43)58(63-39-46)45-31-34-55-52(37-45)57-56(68-55)35-33-50-49-28-16-17-29-54(49)67(59(50)57)47-26-14-5-15-27-47/h2*1-39H. The lowest BCUT2D eigenvalue weighted by Crippen LogP contribution is -2.02. The summed E-state index contributed by atoms with van der Waals surface area (Å²) in [6, 6.07) is 162. The van der Waals surface area contributed by atoms with Crippen molar-refractivity contribution < 1.29 is 0 Å². The number of para-hydroxylation sites is 4. The fraction of sp³-hybridized carbons (Fsp3) is 0. The topological polar surface area (TPSA) is 113 Å². The summed E-state index contributed by atoms with van der Waals surface area (Å²) in [6.45, 7) is 0. The highest BCUT2D eigenvalue weighted by molar-refractivity contribution is 7.26. The van der Waals surface area contributed by atoms with Gasteiger partial charge < -0.3 is 9.13 Å². The van der Waals surface area contributed by atoms with E-state index in [1.807, 2.05) is 108 Å². The summed E-state index contributed by atoms with van der Waals surface area (Å²) in [5.41, 5.74) is 28.8. The van der Waals surface area contributed by atoms with Gasteiger partial charge in [-0.2, -0.15) is 0 Å². The third kappa shape index (κ3) is 14.6. The number of thiophene rings is 2. The Hall–Kier alpha value is -17.7. The number of hydrogen-bond acceptors (Lipinski definition) is 10. The van der Waals surface area contributed by atoms with Gasteiger partial charge in [0.15, 0.2) is 34.9 Å². The Morgan fingerprint density at radius 3 is 0.941 bits per heavy atom. The molecule has 8 aromatic heterocycles. The molecule has 8 heterocycles. The van der Waals surface area contributed by atoms with E-state index in [0.29, 0.717) is 34.9 Å². The van der Waals surface area contributed by atoms with Gasteiger partial charge in [0.2, 0.25) is 0 Å². The van der Waals surface area contributed by atoms with Gasteiger partial charge >= 0.3 is 0 Å². The molecule has 0 aliphatic heterocycles. The Bertz CT molecular complexity index is 8940. The fourth-order valence-corrected chi connectivity index (χ4v) is 21.7. The molecule has 0 atom stereocenters. The van der Waals surface area contributed by atoms with E-state index < -0.39 is 0 Å². The van der Waals surface area contributed by atoms with Crippen molar-refractivity contribution in [2.24, 2.45) is 0 Å². The highest BCUT2D eigenvalue weighted by Crippen LogP contribution is 2.51. The summed E-state index contributed by atoms with van der Waals surface area (Å²) in [6.07, 6.45) is 4.06. The van der Waals surface area contributed by atoms with Crippen LogP contribution in [0, 0.1) is 0 Å². The molecule has 26 aromatic rings. The molecular formula is C124H78N10S2. The first-order chi connectivity index (χ1) is 67.4. The van der Waals surface area contributed by atoms with Gasteiger partial charge in [-0.1, -0.05) is 370 Å². The number of rotatable bonds is 16. The number of benzene rings is 18. The van der Waals surface area contributed by atoms with E-state index in [9.17, 15) is 0 Å². The van der Waals surface area contributed by atoms with Crippen molar-refractivity contribution in [1.82, 2.24) is 49.0 Å². The molecule has 0 N–H and O–H groups in total. The lowest BCUT2D eigenvalue weighted by atomic mass is 9.90. The predicted octanol–water partition coefficient (Wildman–Crippen LogP) is 32.8. The summed E-state index contributed by atoms with van der Waals surface area (Å²) >= 11 is 3.64. The summed E-state index contributed by atoms with van der Waals surface area (Å²) in [7, 11) is 0. The third-order valence-corrected chi connectivity index (χ3v) is 28.1. The molecule has 636 valence electrons. The molecule has 0 unspecified atom stereocenters. The quantitative estimate of drug-likeness (QED) is 0.0940. The second kappa shape index (κ2) is 34.6. The Labute approximate surface area is 792 Å². The number of fused-ring (bicyclic) bond motifs is 14. The SMILES string of the molecule is c1ccc(-c2ccc(-c3ccccc3)c(-c3cnc(-c4ccc5sc6ccc7c8ccccc8n(-c8ccccc8)c7c6c5c4)c(-c4nc(-c5ccccc5)nc(-c5ccccc5)n4)c3)c2)cc1.c1ccc(-c2ccc(-c3ccccc3)c(-c3cnc(-c4cccc5sc6ccc7c8ccccc8n(-c8ccccc8)c7c6c45)c(-c4nc(-c5ccccc5)nc(-c5ccccc5)n4)c3)c2)cc1. The van der Waals surface area contributed by atoms with Crippen LogP contribution in [0.4, 0.5) is 0 Å². The maximum Gasteiger partial charge on any atom is 0.166 e. The molecule has 0 spiro atoms. The molecule has 0 aliphatic carbocycles. The molecule has 136 heavy (non-hydrogen) atoms. The predicted molar refractivity (Wildman–Crippen MR) is 566 cm³/mol. The van der Waals surface area contributed by atoms with Crippen LogP contribution in [0.5, 0.6) is 0 Å². The average molecular weight is 1770 g/mol. The second-order valence-corrected chi connectivity index (χ2v) is 36.1. The molecule has 26 rings (SSSR count). The first-order valence-electron chi connectivity index (χ1n) is 45.6. The minimum Gasteiger partial charge on any atom is -0.309 e. The summed E-state index contributed by atoms with van der Waals surface area (Å²) in [5.74, 6) is 3.46. The zero-order valence-corrected chi connectivity index (χ0v) is 75.0. The minimum absolute atomic E-state index is 0.544. The van der Waals surface area contributed by atoms with Gasteiger partial charge in [-0.25, -0.2) is 29.9 Å². The van der Waals surface area contributed by atoms with E-state index in [-0.39, 0.29) is 0 Å². The number of pyridine rings is 2. The van der Waals surface area contributed by atoms with Crippen molar-refractivity contribution in [2.75, 3.05) is 0 Å². The zero-order valence-electron chi connectivity index (χ0n) is 73.3.